The van der Waals surface area contributed by atoms with E-state index in [4.69, 9.17) is 4.74 Å². The van der Waals surface area contributed by atoms with Gasteiger partial charge in [-0.05, 0) is 74.6 Å². The fourth-order valence-corrected chi connectivity index (χ4v) is 7.13. The SMILES string of the molecule is Cc1nnn(C23CC4CC(CC(NC(=O)c5ccccc5N5CCOCC5)(C4)C2)C3)n1. The van der Waals surface area contributed by atoms with Crippen LogP contribution in [-0.2, 0) is 10.3 Å². The summed E-state index contributed by atoms with van der Waals surface area (Å²) >= 11 is 0. The predicted octanol–water partition coefficient (Wildman–Crippen LogP) is 2.30. The number of rotatable bonds is 4. The molecule has 1 aliphatic heterocycles. The molecule has 1 aromatic carbocycles. The van der Waals surface area contributed by atoms with Crippen LogP contribution in [0.4, 0.5) is 5.69 Å². The number of hydrogen-bond acceptors (Lipinski definition) is 6. The quantitative estimate of drug-likeness (QED) is 0.814. The van der Waals surface area contributed by atoms with Gasteiger partial charge in [0, 0.05) is 24.3 Å². The molecule has 7 rings (SSSR count). The number of aryl methyl sites for hydroxylation is 1. The maximum absolute atomic E-state index is 13.6. The topological polar surface area (TPSA) is 85.2 Å². The Kier molecular flexibility index (Phi) is 4.35. The van der Waals surface area contributed by atoms with E-state index in [0.717, 1.165) is 56.4 Å². The standard InChI is InChI=1S/C23H30N6O2/c1-16-25-27-29(26-16)23-13-17-10-18(14-23)12-22(11-17,15-23)24-21(30)19-4-2-3-5-20(19)28-6-8-31-9-7-28/h2-5,17-18H,6-15H2,1H3,(H,24,30). The van der Waals surface area contributed by atoms with E-state index in [1.54, 1.807) is 0 Å². The van der Waals surface area contributed by atoms with Gasteiger partial charge < -0.3 is 15.0 Å². The third kappa shape index (κ3) is 3.23. The van der Waals surface area contributed by atoms with Crippen molar-refractivity contribution in [3.63, 3.8) is 0 Å². The lowest BCUT2D eigenvalue weighted by atomic mass is 9.50. The van der Waals surface area contributed by atoms with Crippen molar-refractivity contribution < 1.29 is 9.53 Å². The number of carbonyl (C=O) groups is 1. The number of carbonyl (C=O) groups excluding carboxylic acids is 1. The minimum absolute atomic E-state index is 0.0434. The number of benzene rings is 1. The van der Waals surface area contributed by atoms with Crippen LogP contribution in [0.15, 0.2) is 24.3 Å². The Labute approximate surface area is 182 Å². The van der Waals surface area contributed by atoms with Crippen molar-refractivity contribution in [1.29, 1.82) is 0 Å². The van der Waals surface area contributed by atoms with E-state index in [0.29, 0.717) is 30.9 Å². The number of tetrazole rings is 1. The van der Waals surface area contributed by atoms with E-state index in [2.05, 4.69) is 31.7 Å². The zero-order valence-electron chi connectivity index (χ0n) is 18.1. The highest BCUT2D eigenvalue weighted by Gasteiger charge is 2.60. The van der Waals surface area contributed by atoms with Crippen LogP contribution >= 0.6 is 0 Å². The number of nitrogens with zero attached hydrogens (tertiary/aromatic N) is 5. The van der Waals surface area contributed by atoms with Crippen molar-refractivity contribution in [2.75, 3.05) is 31.2 Å². The lowest BCUT2D eigenvalue weighted by Gasteiger charge is -2.61. The largest absolute Gasteiger partial charge is 0.378 e. The summed E-state index contributed by atoms with van der Waals surface area (Å²) in [5.74, 6) is 1.99. The highest BCUT2D eigenvalue weighted by atomic mass is 16.5. The maximum Gasteiger partial charge on any atom is 0.253 e. The molecule has 1 saturated heterocycles. The molecule has 8 nitrogen and oxygen atoms in total. The van der Waals surface area contributed by atoms with Gasteiger partial charge in [-0.25, -0.2) is 0 Å². The fraction of sp³-hybridized carbons (Fsp3) is 0.652. The number of ether oxygens (including phenoxy) is 1. The van der Waals surface area contributed by atoms with Crippen molar-refractivity contribution in [1.82, 2.24) is 25.5 Å². The van der Waals surface area contributed by atoms with E-state index in [1.807, 2.05) is 29.9 Å². The van der Waals surface area contributed by atoms with Crippen molar-refractivity contribution in [3.8, 4) is 0 Å². The number of morpholine rings is 1. The van der Waals surface area contributed by atoms with Crippen LogP contribution in [0.3, 0.4) is 0 Å². The van der Waals surface area contributed by atoms with E-state index in [-0.39, 0.29) is 17.0 Å². The van der Waals surface area contributed by atoms with Gasteiger partial charge in [-0.3, -0.25) is 4.79 Å². The molecule has 5 fully saturated rings. The molecule has 2 unspecified atom stereocenters. The van der Waals surface area contributed by atoms with Gasteiger partial charge in [-0.15, -0.1) is 10.2 Å². The number of aromatic nitrogens is 4. The summed E-state index contributed by atoms with van der Waals surface area (Å²) in [5.41, 5.74) is 1.49. The predicted molar refractivity (Wildman–Crippen MR) is 115 cm³/mol. The first-order valence-corrected chi connectivity index (χ1v) is 11.6. The van der Waals surface area contributed by atoms with Crippen molar-refractivity contribution in [2.45, 2.75) is 56.5 Å². The third-order valence-electron chi connectivity index (χ3n) is 7.85. The summed E-state index contributed by atoms with van der Waals surface area (Å²) in [4.78, 5) is 17.8. The van der Waals surface area contributed by atoms with Crippen LogP contribution in [0.2, 0.25) is 0 Å². The first-order valence-electron chi connectivity index (χ1n) is 11.6. The lowest BCUT2D eigenvalue weighted by Crippen LogP contribution is -2.66. The van der Waals surface area contributed by atoms with Gasteiger partial charge in [-0.1, -0.05) is 12.1 Å². The average molecular weight is 423 g/mol. The van der Waals surface area contributed by atoms with Gasteiger partial charge >= 0.3 is 0 Å². The molecule has 5 aliphatic rings. The molecule has 0 radical (unpaired) electrons. The minimum Gasteiger partial charge on any atom is -0.378 e. The van der Waals surface area contributed by atoms with Crippen molar-refractivity contribution in [3.05, 3.63) is 35.7 Å². The van der Waals surface area contributed by atoms with Crippen LogP contribution in [0, 0.1) is 18.8 Å². The maximum atomic E-state index is 13.6. The average Bonchev–Trinajstić information content (AvgIpc) is 3.20. The Hall–Kier alpha value is -2.48. The first kappa shape index (κ1) is 19.2. The normalized spacial score (nSPS) is 34.2. The Morgan fingerprint density at radius 3 is 2.58 bits per heavy atom. The molecule has 4 bridgehead atoms. The first-order chi connectivity index (χ1) is 15.0. The summed E-state index contributed by atoms with van der Waals surface area (Å²) in [6, 6.07) is 7.99. The van der Waals surface area contributed by atoms with Gasteiger partial charge in [0.15, 0.2) is 5.82 Å². The summed E-state index contributed by atoms with van der Waals surface area (Å²) < 4.78 is 5.51. The smallest absolute Gasteiger partial charge is 0.253 e. The van der Waals surface area contributed by atoms with Crippen LogP contribution in [0.5, 0.6) is 0 Å². The summed E-state index contributed by atoms with van der Waals surface area (Å²) in [5, 5.41) is 16.7. The van der Waals surface area contributed by atoms with Crippen molar-refractivity contribution >= 4 is 11.6 Å². The van der Waals surface area contributed by atoms with Crippen LogP contribution < -0.4 is 10.2 Å². The molecule has 4 saturated carbocycles. The molecule has 2 aromatic rings. The van der Waals surface area contributed by atoms with Crippen LogP contribution in [-0.4, -0.2) is 58.0 Å². The monoisotopic (exact) mass is 422 g/mol. The molecule has 4 aliphatic carbocycles. The number of anilines is 1. The molecule has 2 atom stereocenters. The molecule has 8 heteroatoms. The number of para-hydroxylation sites is 1. The minimum atomic E-state index is -0.180. The molecule has 164 valence electrons. The second-order valence-corrected chi connectivity index (χ2v) is 10.2. The van der Waals surface area contributed by atoms with Gasteiger partial charge in [0.2, 0.25) is 0 Å². The van der Waals surface area contributed by atoms with E-state index >= 15 is 0 Å². The van der Waals surface area contributed by atoms with Crippen molar-refractivity contribution in [2.24, 2.45) is 11.8 Å². The Balaban J connectivity index is 1.29. The molecule has 1 aromatic heterocycles. The van der Waals surface area contributed by atoms with Gasteiger partial charge in [0.25, 0.3) is 5.91 Å². The fourth-order valence-electron chi connectivity index (χ4n) is 7.13. The van der Waals surface area contributed by atoms with E-state index in [9.17, 15) is 4.79 Å². The molecular weight excluding hydrogens is 392 g/mol. The molecular formula is C23H30N6O2. The molecule has 31 heavy (non-hydrogen) atoms. The van der Waals surface area contributed by atoms with E-state index in [1.165, 1.54) is 6.42 Å². The summed E-state index contributed by atoms with van der Waals surface area (Å²) in [7, 11) is 0. The number of amides is 1. The molecule has 1 N–H and O–H groups in total. The van der Waals surface area contributed by atoms with Gasteiger partial charge in [-0.2, -0.15) is 4.80 Å². The summed E-state index contributed by atoms with van der Waals surface area (Å²) in [6.45, 7) is 4.94. The molecule has 2 heterocycles. The van der Waals surface area contributed by atoms with Crippen LogP contribution in [0.25, 0.3) is 0 Å². The van der Waals surface area contributed by atoms with Gasteiger partial charge in [0.1, 0.15) is 0 Å². The zero-order valence-corrected chi connectivity index (χ0v) is 18.1. The number of hydrogen-bond donors (Lipinski definition) is 1. The second kappa shape index (κ2) is 7.02. The number of nitrogens with one attached hydrogen (secondary N) is 1. The molecule has 0 spiro atoms. The Bertz CT molecular complexity index is 983. The molecule has 1 amide bonds. The summed E-state index contributed by atoms with van der Waals surface area (Å²) in [6.07, 6.45) is 6.48. The lowest BCUT2D eigenvalue weighted by molar-refractivity contribution is -0.0811. The zero-order chi connectivity index (χ0) is 21.1. The third-order valence-corrected chi connectivity index (χ3v) is 7.85. The Morgan fingerprint density at radius 1 is 1.13 bits per heavy atom. The second-order valence-electron chi connectivity index (χ2n) is 10.2. The van der Waals surface area contributed by atoms with E-state index < -0.39 is 0 Å². The van der Waals surface area contributed by atoms with Gasteiger partial charge in [0.05, 0.1) is 24.3 Å². The van der Waals surface area contributed by atoms with Crippen LogP contribution in [0.1, 0.15) is 54.7 Å². The highest BCUT2D eigenvalue weighted by molar-refractivity contribution is 6.00. The highest BCUT2D eigenvalue weighted by Crippen LogP contribution is 2.60. The Morgan fingerprint density at radius 2 is 1.87 bits per heavy atom.